The summed E-state index contributed by atoms with van der Waals surface area (Å²) in [5, 5.41) is 8.00. The molecule has 0 radical (unpaired) electrons. The molecule has 0 saturated carbocycles. The van der Waals surface area contributed by atoms with Crippen LogP contribution in [0.1, 0.15) is 10.5 Å². The number of amides is 1. The number of nitrogens with zero attached hydrogens (tertiary/aromatic N) is 4. The van der Waals surface area contributed by atoms with Gasteiger partial charge in [0.1, 0.15) is 5.69 Å². The molecule has 1 N–H and O–H groups in total. The van der Waals surface area contributed by atoms with Crippen LogP contribution in [0.2, 0.25) is 5.02 Å². The van der Waals surface area contributed by atoms with Crippen molar-refractivity contribution in [1.29, 1.82) is 0 Å². The average Bonchev–Trinajstić information content (AvgIpc) is 2.97. The minimum absolute atomic E-state index is 0.134. The van der Waals surface area contributed by atoms with E-state index in [0.717, 1.165) is 14.7 Å². The predicted octanol–water partition coefficient (Wildman–Crippen LogP) is 2.57. The summed E-state index contributed by atoms with van der Waals surface area (Å²) in [5.74, 6) is -0.431. The van der Waals surface area contributed by atoms with Crippen molar-refractivity contribution in [3.63, 3.8) is 0 Å². The second-order valence-corrected chi connectivity index (χ2v) is 6.64. The number of hydrogen-bond acceptors (Lipinski definition) is 5. The number of nitrogens with one attached hydrogen (secondary N) is 1. The Kier molecular flexibility index (Phi) is 4.91. The van der Waals surface area contributed by atoms with Gasteiger partial charge in [-0.15, -0.1) is 0 Å². The van der Waals surface area contributed by atoms with Crippen molar-refractivity contribution in [2.45, 2.75) is 10.1 Å². The monoisotopic (exact) mass is 375 g/mol. The highest BCUT2D eigenvalue weighted by atomic mass is 35.5. The molecule has 0 aliphatic carbocycles. The highest BCUT2D eigenvalue weighted by molar-refractivity contribution is 7.99. The average molecular weight is 376 g/mol. The fraction of sp³-hybridized carbons (Fsp3) is 0.125. The summed E-state index contributed by atoms with van der Waals surface area (Å²) >= 11 is 7.46. The molecule has 0 saturated heterocycles. The van der Waals surface area contributed by atoms with Crippen molar-refractivity contribution in [2.24, 2.45) is 14.1 Å². The highest BCUT2D eigenvalue weighted by Gasteiger charge is 2.14. The van der Waals surface area contributed by atoms with Crippen LogP contribution in [0, 0.1) is 0 Å². The molecule has 3 aromatic rings. The Hall–Kier alpha value is -2.58. The molecular weight excluding hydrogens is 362 g/mol. The number of anilines is 1. The molecule has 2 aromatic heterocycles. The maximum absolute atomic E-state index is 12.4. The van der Waals surface area contributed by atoms with Gasteiger partial charge in [0, 0.05) is 42.5 Å². The lowest BCUT2D eigenvalue weighted by atomic mass is 10.3. The number of aromatic nitrogens is 4. The van der Waals surface area contributed by atoms with Crippen LogP contribution >= 0.6 is 23.4 Å². The van der Waals surface area contributed by atoms with Gasteiger partial charge in [-0.2, -0.15) is 5.10 Å². The highest BCUT2D eigenvalue weighted by Crippen LogP contribution is 2.34. The standard InChI is InChI=1S/C16H14ClN5O2S/c1-21-8-7-18-16(21)25-13-5-3-10(17)9-12(13)19-15(24)11-4-6-14(23)22(2)20-11/h3-9H,1-2H3,(H,19,24). The van der Waals surface area contributed by atoms with Crippen molar-refractivity contribution in [3.8, 4) is 0 Å². The van der Waals surface area contributed by atoms with Crippen LogP contribution < -0.4 is 10.9 Å². The zero-order valence-corrected chi connectivity index (χ0v) is 15.0. The van der Waals surface area contributed by atoms with Gasteiger partial charge in [-0.3, -0.25) is 9.59 Å². The summed E-state index contributed by atoms with van der Waals surface area (Å²) < 4.78 is 2.98. The normalized spacial score (nSPS) is 10.7. The van der Waals surface area contributed by atoms with Gasteiger partial charge in [0.2, 0.25) is 0 Å². The molecule has 0 spiro atoms. The molecular formula is C16H14ClN5O2S. The van der Waals surface area contributed by atoms with E-state index < -0.39 is 5.91 Å². The van der Waals surface area contributed by atoms with E-state index in [1.165, 1.54) is 30.9 Å². The molecule has 128 valence electrons. The Labute approximate surface area is 152 Å². The van der Waals surface area contributed by atoms with Crippen LogP contribution in [0.5, 0.6) is 0 Å². The molecule has 0 aliphatic heterocycles. The van der Waals surface area contributed by atoms with Crippen molar-refractivity contribution >= 4 is 35.0 Å². The summed E-state index contributed by atoms with van der Waals surface area (Å²) in [7, 11) is 3.37. The van der Waals surface area contributed by atoms with Gasteiger partial charge >= 0.3 is 0 Å². The second kappa shape index (κ2) is 7.12. The van der Waals surface area contributed by atoms with Crippen molar-refractivity contribution in [2.75, 3.05) is 5.32 Å². The Morgan fingerprint density at radius 1 is 1.24 bits per heavy atom. The Bertz CT molecular complexity index is 998. The van der Waals surface area contributed by atoms with E-state index in [-0.39, 0.29) is 11.3 Å². The predicted molar refractivity (Wildman–Crippen MR) is 96.2 cm³/mol. The fourth-order valence-corrected chi connectivity index (χ4v) is 3.09. The number of rotatable bonds is 4. The van der Waals surface area contributed by atoms with Gasteiger partial charge in [-0.25, -0.2) is 9.67 Å². The first-order valence-electron chi connectivity index (χ1n) is 7.24. The lowest BCUT2D eigenvalue weighted by Gasteiger charge is -2.11. The molecule has 1 aromatic carbocycles. The number of benzene rings is 1. The Balaban J connectivity index is 1.89. The maximum atomic E-state index is 12.4. The summed E-state index contributed by atoms with van der Waals surface area (Å²) in [6.07, 6.45) is 3.54. The third kappa shape index (κ3) is 3.92. The maximum Gasteiger partial charge on any atom is 0.276 e. The summed E-state index contributed by atoms with van der Waals surface area (Å²) in [5.41, 5.74) is 0.390. The van der Waals surface area contributed by atoms with Crippen LogP contribution in [0.15, 0.2) is 57.6 Å². The number of hydrogen-bond donors (Lipinski definition) is 1. The second-order valence-electron chi connectivity index (χ2n) is 5.20. The van der Waals surface area contributed by atoms with Crippen molar-refractivity contribution in [3.05, 3.63) is 63.8 Å². The minimum atomic E-state index is -0.431. The molecule has 0 unspecified atom stereocenters. The summed E-state index contributed by atoms with van der Waals surface area (Å²) in [6, 6.07) is 7.89. The van der Waals surface area contributed by atoms with E-state index in [2.05, 4.69) is 15.4 Å². The van der Waals surface area contributed by atoms with Gasteiger partial charge in [0.15, 0.2) is 5.16 Å². The number of carbonyl (C=O) groups excluding carboxylic acids is 1. The van der Waals surface area contributed by atoms with Crippen LogP contribution in [0.3, 0.4) is 0 Å². The van der Waals surface area contributed by atoms with E-state index in [1.807, 2.05) is 23.9 Å². The first kappa shape index (κ1) is 17.2. The van der Waals surface area contributed by atoms with E-state index in [4.69, 9.17) is 11.6 Å². The number of imidazole rings is 1. The Morgan fingerprint density at radius 2 is 2.04 bits per heavy atom. The van der Waals surface area contributed by atoms with Crippen LogP contribution in [-0.4, -0.2) is 25.2 Å². The van der Waals surface area contributed by atoms with Crippen LogP contribution in [0.4, 0.5) is 5.69 Å². The van der Waals surface area contributed by atoms with E-state index in [9.17, 15) is 9.59 Å². The summed E-state index contributed by atoms with van der Waals surface area (Å²) in [6.45, 7) is 0. The van der Waals surface area contributed by atoms with Crippen molar-refractivity contribution in [1.82, 2.24) is 19.3 Å². The zero-order valence-electron chi connectivity index (χ0n) is 13.4. The molecule has 0 bridgehead atoms. The molecule has 25 heavy (non-hydrogen) atoms. The SMILES string of the molecule is Cn1ccnc1Sc1ccc(Cl)cc1NC(=O)c1ccc(=O)n(C)n1. The minimum Gasteiger partial charge on any atom is -0.329 e. The van der Waals surface area contributed by atoms with Crippen LogP contribution in [0.25, 0.3) is 0 Å². The third-order valence-corrected chi connectivity index (χ3v) is 4.75. The first-order valence-corrected chi connectivity index (χ1v) is 8.44. The van der Waals surface area contributed by atoms with E-state index in [1.54, 1.807) is 18.3 Å². The van der Waals surface area contributed by atoms with Crippen LogP contribution in [-0.2, 0) is 14.1 Å². The fourth-order valence-electron chi connectivity index (χ4n) is 2.05. The van der Waals surface area contributed by atoms with Crippen molar-refractivity contribution < 1.29 is 4.79 Å². The molecule has 0 aliphatic rings. The van der Waals surface area contributed by atoms with Gasteiger partial charge in [-0.05, 0) is 36.0 Å². The van der Waals surface area contributed by atoms with Gasteiger partial charge < -0.3 is 9.88 Å². The molecule has 9 heteroatoms. The lowest BCUT2D eigenvalue weighted by molar-refractivity contribution is 0.102. The van der Waals surface area contributed by atoms with Gasteiger partial charge in [-0.1, -0.05) is 11.6 Å². The van der Waals surface area contributed by atoms with E-state index in [0.29, 0.717) is 10.7 Å². The molecule has 2 heterocycles. The molecule has 0 atom stereocenters. The van der Waals surface area contributed by atoms with E-state index >= 15 is 0 Å². The number of halogens is 1. The quantitative estimate of drug-likeness (QED) is 0.757. The topological polar surface area (TPSA) is 81.8 Å². The zero-order chi connectivity index (χ0) is 18.0. The third-order valence-electron chi connectivity index (χ3n) is 3.36. The largest absolute Gasteiger partial charge is 0.329 e. The lowest BCUT2D eigenvalue weighted by Crippen LogP contribution is -2.23. The van der Waals surface area contributed by atoms with Gasteiger partial charge in [0.25, 0.3) is 11.5 Å². The first-order chi connectivity index (χ1) is 11.9. The summed E-state index contributed by atoms with van der Waals surface area (Å²) in [4.78, 5) is 28.9. The number of aryl methyl sites for hydroxylation is 2. The molecule has 0 fully saturated rings. The molecule has 3 rings (SSSR count). The van der Waals surface area contributed by atoms with Gasteiger partial charge in [0.05, 0.1) is 5.69 Å². The Morgan fingerprint density at radius 3 is 2.72 bits per heavy atom. The molecule has 1 amide bonds. The molecule has 7 nitrogen and oxygen atoms in total. The number of carbonyl (C=O) groups is 1. The smallest absolute Gasteiger partial charge is 0.276 e.